The maximum Gasteiger partial charge on any atom is 0.0527 e. The van der Waals surface area contributed by atoms with Crippen LogP contribution in [0.1, 0.15) is 0 Å². The number of hydrogen-bond acceptors (Lipinski definition) is 1. The second-order valence-electron chi connectivity index (χ2n) is 0. The Morgan fingerprint density at radius 3 is 0.800 bits per heavy atom. The summed E-state index contributed by atoms with van der Waals surface area (Å²) in [7, 11) is 0.611. The third-order valence-corrected chi connectivity index (χ3v) is 0. The smallest absolute Gasteiger partial charge is 0.0527 e. The summed E-state index contributed by atoms with van der Waals surface area (Å²) < 4.78 is 8.28. The summed E-state index contributed by atoms with van der Waals surface area (Å²) in [6, 6.07) is 0. The van der Waals surface area contributed by atoms with Crippen molar-refractivity contribution in [2.45, 2.75) is 0 Å². The molecule has 0 amide bonds. The molecule has 0 aromatic rings. The van der Waals surface area contributed by atoms with Crippen molar-refractivity contribution >= 4 is 60.1 Å². The first kappa shape index (κ1) is 30.1. The van der Waals surface area contributed by atoms with E-state index in [0.29, 0.717) is 9.12 Å². The third-order valence-electron chi connectivity index (χ3n) is 0. The molecule has 0 rings (SSSR count). The Kier molecular flexibility index (Phi) is 267. The van der Waals surface area contributed by atoms with Crippen LogP contribution in [0.5, 0.6) is 0 Å². The van der Waals surface area contributed by atoms with Gasteiger partial charge in [-0.25, -0.2) is 0 Å². The number of hydrogen-bond donors (Lipinski definition) is 0. The number of halogens is 3. The van der Waals surface area contributed by atoms with Crippen molar-refractivity contribution in [1.82, 2.24) is 0 Å². The van der Waals surface area contributed by atoms with Gasteiger partial charge in [-0.15, -0.1) is 50.9 Å². The second kappa shape index (κ2) is 44.3. The van der Waals surface area contributed by atoms with Crippen molar-refractivity contribution in [2.24, 2.45) is 0 Å². The molecule has 0 aromatic carbocycles. The van der Waals surface area contributed by atoms with E-state index in [2.05, 4.69) is 0 Å². The molecule has 1 nitrogen and oxygen atoms in total. The first-order valence-corrected chi connectivity index (χ1v) is 0.866. The highest BCUT2D eigenvalue weighted by molar-refractivity contribution is 8.93. The Morgan fingerprint density at radius 2 is 0.800 bits per heavy atom. The van der Waals surface area contributed by atoms with E-state index in [0.717, 1.165) is 0 Å². The average Bonchev–Trinajstić information content (AvgIpc) is 1.00. The lowest BCUT2D eigenvalue weighted by Gasteiger charge is -0.873. The van der Waals surface area contributed by atoms with Gasteiger partial charge in [0.1, 0.15) is 0 Å². The largest absolute Gasteiger partial charge is 0.333 e. The lowest BCUT2D eigenvalue weighted by Crippen LogP contribution is -0.489. The summed E-state index contributed by atoms with van der Waals surface area (Å²) in [6.45, 7) is 0. The Labute approximate surface area is 64.4 Å². The van der Waals surface area contributed by atoms with Gasteiger partial charge >= 0.3 is 0 Å². The molecule has 1 atom stereocenters. The minimum absolute atomic E-state index is 0. The van der Waals surface area contributed by atoms with Gasteiger partial charge in [0, 0.05) is 0 Å². The fourth-order valence-electron chi connectivity index (χ4n) is 0. The van der Waals surface area contributed by atoms with Gasteiger partial charge in [0.25, 0.3) is 0 Å². The maximum absolute atomic E-state index is 8.28. The van der Waals surface area contributed by atoms with Crippen molar-refractivity contribution in [3.05, 3.63) is 0 Å². The average molecular weight is 293 g/mol. The standard InChI is InChI=1S/3BrH.H3OP/c;;;1-2/h3*1H;2H3. The summed E-state index contributed by atoms with van der Waals surface area (Å²) in [5.41, 5.74) is 0. The quantitative estimate of drug-likeness (QED) is 0.621. The molecule has 0 radical (unpaired) electrons. The first-order chi connectivity index (χ1) is 1.00. The van der Waals surface area contributed by atoms with Crippen LogP contribution in [0.15, 0.2) is 0 Å². The van der Waals surface area contributed by atoms with Gasteiger partial charge in [-0.05, 0) is 0 Å². The fourth-order valence-corrected chi connectivity index (χ4v) is 0. The van der Waals surface area contributed by atoms with Crippen LogP contribution in [0.4, 0.5) is 0 Å². The zero-order valence-corrected chi connectivity index (χ0v) is 8.89. The van der Waals surface area contributed by atoms with Crippen molar-refractivity contribution in [1.29, 1.82) is 0 Å². The van der Waals surface area contributed by atoms with Crippen LogP contribution in [0.25, 0.3) is 0 Å². The lowest BCUT2D eigenvalue weighted by atomic mass is 16.0. The van der Waals surface area contributed by atoms with Crippen molar-refractivity contribution in [2.75, 3.05) is 0 Å². The van der Waals surface area contributed by atoms with Crippen LogP contribution in [-0.4, -0.2) is 0 Å². The monoisotopic (exact) mass is 290 g/mol. The summed E-state index contributed by atoms with van der Waals surface area (Å²) in [5, 5.41) is 0. The fraction of sp³-hybridized carbons (Fsp3) is 0. The van der Waals surface area contributed by atoms with E-state index in [1.807, 2.05) is 0 Å². The minimum atomic E-state index is 0. The number of rotatable bonds is 0. The Morgan fingerprint density at radius 1 is 0.800 bits per heavy atom. The molecule has 1 unspecified atom stereocenters. The molecular formula is H6Br3OP. The molecule has 0 aliphatic heterocycles. The zero-order valence-electron chi connectivity index (χ0n) is 2.34. The highest BCUT2D eigenvalue weighted by atomic mass is 79.9. The molecule has 0 fully saturated rings. The molecule has 0 N–H and O–H groups in total. The summed E-state index contributed by atoms with van der Waals surface area (Å²) in [5.74, 6) is 0. The molecule has 5 heavy (non-hydrogen) atoms. The van der Waals surface area contributed by atoms with E-state index < -0.39 is 0 Å². The maximum atomic E-state index is 8.28. The topological polar surface area (TPSA) is 17.1 Å². The predicted molar refractivity (Wildman–Crippen MR) is 42.8 cm³/mol. The van der Waals surface area contributed by atoms with Crippen molar-refractivity contribution in [3.8, 4) is 0 Å². The highest BCUT2D eigenvalue weighted by Crippen LogP contribution is 1.23. The molecule has 0 bridgehead atoms. The highest BCUT2D eigenvalue weighted by Gasteiger charge is 0.593. The van der Waals surface area contributed by atoms with Crippen molar-refractivity contribution in [3.63, 3.8) is 0 Å². The van der Waals surface area contributed by atoms with Gasteiger partial charge < -0.3 is 4.57 Å². The lowest BCUT2D eigenvalue weighted by molar-refractivity contribution is 0.607. The molecule has 0 saturated heterocycles. The summed E-state index contributed by atoms with van der Waals surface area (Å²) in [6.07, 6.45) is 0. The van der Waals surface area contributed by atoms with Crippen molar-refractivity contribution < 1.29 is 4.57 Å². The summed E-state index contributed by atoms with van der Waals surface area (Å²) in [4.78, 5) is 0. The van der Waals surface area contributed by atoms with E-state index in [1.54, 1.807) is 0 Å². The van der Waals surface area contributed by atoms with E-state index in [-0.39, 0.29) is 50.9 Å². The molecule has 38 valence electrons. The van der Waals surface area contributed by atoms with Crippen LogP contribution in [0.3, 0.4) is 0 Å². The van der Waals surface area contributed by atoms with E-state index in [9.17, 15) is 0 Å². The van der Waals surface area contributed by atoms with Gasteiger partial charge in [0.05, 0.1) is 9.12 Å². The Hall–Kier alpha value is 1.67. The molecule has 0 aliphatic carbocycles. The van der Waals surface area contributed by atoms with Gasteiger partial charge in [0.15, 0.2) is 0 Å². The third kappa shape index (κ3) is 27.4. The molecular weight excluding hydrogens is 287 g/mol. The van der Waals surface area contributed by atoms with E-state index in [4.69, 9.17) is 4.57 Å². The van der Waals surface area contributed by atoms with Gasteiger partial charge in [-0.1, -0.05) is 0 Å². The van der Waals surface area contributed by atoms with Gasteiger partial charge in [-0.3, -0.25) is 0 Å². The van der Waals surface area contributed by atoms with Crippen LogP contribution < -0.4 is 0 Å². The molecule has 0 heterocycles. The second-order valence-corrected chi connectivity index (χ2v) is 0. The molecule has 5 heteroatoms. The van der Waals surface area contributed by atoms with E-state index >= 15 is 0 Å². The SMILES string of the molecule is Br.Br.Br.O=[PH3]. The Bertz CT molecular complexity index is 6.85. The first-order valence-electron chi connectivity index (χ1n) is 0.289. The van der Waals surface area contributed by atoms with Crippen LogP contribution in [0, 0.1) is 0 Å². The van der Waals surface area contributed by atoms with Crippen LogP contribution in [-0.2, 0) is 4.57 Å². The molecule has 0 spiro atoms. The van der Waals surface area contributed by atoms with Gasteiger partial charge in [0.2, 0.25) is 0 Å². The van der Waals surface area contributed by atoms with E-state index in [1.165, 1.54) is 0 Å². The molecule has 0 aromatic heterocycles. The molecule has 0 aliphatic rings. The summed E-state index contributed by atoms with van der Waals surface area (Å²) >= 11 is 0. The van der Waals surface area contributed by atoms with Gasteiger partial charge in [-0.2, -0.15) is 0 Å². The predicted octanol–water partition coefficient (Wildman–Crippen LogP) is 1.67. The zero-order chi connectivity index (χ0) is 2.00. The minimum Gasteiger partial charge on any atom is -0.333 e. The normalized spacial score (nSPS) is 1.60. The Balaban J connectivity index is -0.00000000167. The van der Waals surface area contributed by atoms with Crippen LogP contribution >= 0.6 is 60.1 Å². The molecule has 0 saturated carbocycles. The van der Waals surface area contributed by atoms with Crippen LogP contribution in [0.2, 0.25) is 0 Å².